The monoisotopic (exact) mass is 337 g/mol. The Morgan fingerprint density at radius 3 is 2.58 bits per heavy atom. The molecule has 0 fully saturated rings. The molecule has 0 amide bonds. The number of benzene rings is 1. The molecule has 1 N–H and O–H groups in total. The third-order valence-electron chi connectivity index (χ3n) is 3.17. The smallest absolute Gasteiger partial charge is 0.0578 e. The van der Waals surface area contributed by atoms with E-state index in [0.29, 0.717) is 6.04 Å². The summed E-state index contributed by atoms with van der Waals surface area (Å²) < 4.78 is 1.16. The minimum Gasteiger partial charge on any atom is -0.378 e. The maximum Gasteiger partial charge on any atom is 0.0578 e. The number of halogens is 1. The molecule has 0 saturated carbocycles. The van der Waals surface area contributed by atoms with Crippen molar-refractivity contribution in [2.75, 3.05) is 5.32 Å². The van der Waals surface area contributed by atoms with Gasteiger partial charge < -0.3 is 5.32 Å². The van der Waals surface area contributed by atoms with Crippen LogP contribution in [-0.4, -0.2) is 0 Å². The van der Waals surface area contributed by atoms with Gasteiger partial charge in [0.25, 0.3) is 0 Å². The molecule has 0 aliphatic heterocycles. The van der Waals surface area contributed by atoms with Gasteiger partial charge in [0.1, 0.15) is 0 Å². The topological polar surface area (TPSA) is 12.0 Å². The number of aryl methyl sites for hydroxylation is 1. The van der Waals surface area contributed by atoms with Crippen molar-refractivity contribution in [1.29, 1.82) is 0 Å². The van der Waals surface area contributed by atoms with E-state index in [9.17, 15) is 0 Å². The zero-order valence-corrected chi connectivity index (χ0v) is 13.9. The van der Waals surface area contributed by atoms with E-state index in [1.807, 2.05) is 0 Å². The van der Waals surface area contributed by atoms with E-state index in [4.69, 9.17) is 0 Å². The Labute approximate surface area is 128 Å². The van der Waals surface area contributed by atoms with Crippen LogP contribution in [0, 0.1) is 0 Å². The predicted molar refractivity (Wildman–Crippen MR) is 89.1 cm³/mol. The number of rotatable bonds is 6. The Bertz CT molecular complexity index is 504. The van der Waals surface area contributed by atoms with E-state index in [1.54, 1.807) is 11.3 Å². The lowest BCUT2D eigenvalue weighted by Gasteiger charge is -2.14. The normalized spacial score (nSPS) is 12.4. The van der Waals surface area contributed by atoms with Crippen molar-refractivity contribution in [2.45, 2.75) is 39.2 Å². The molecule has 1 nitrogen and oxygen atoms in total. The Hall–Kier alpha value is -0.800. The highest BCUT2D eigenvalue weighted by molar-refractivity contribution is 9.10. The second-order valence-electron chi connectivity index (χ2n) is 4.83. The molecule has 0 saturated heterocycles. The fraction of sp³-hybridized carbons (Fsp3) is 0.375. The molecule has 0 aliphatic rings. The van der Waals surface area contributed by atoms with Crippen LogP contribution in [0.3, 0.4) is 0 Å². The van der Waals surface area contributed by atoms with Crippen LogP contribution in [0.15, 0.2) is 40.2 Å². The summed E-state index contributed by atoms with van der Waals surface area (Å²) in [5, 5.41) is 5.67. The first-order valence-electron chi connectivity index (χ1n) is 6.78. The number of hydrogen-bond donors (Lipinski definition) is 1. The first-order chi connectivity index (χ1) is 9.19. The van der Waals surface area contributed by atoms with Crippen LogP contribution >= 0.6 is 27.3 Å². The van der Waals surface area contributed by atoms with Crippen molar-refractivity contribution in [2.24, 2.45) is 0 Å². The van der Waals surface area contributed by atoms with Gasteiger partial charge in [0.15, 0.2) is 0 Å². The molecule has 3 heteroatoms. The van der Waals surface area contributed by atoms with Gasteiger partial charge in [0.2, 0.25) is 0 Å². The van der Waals surface area contributed by atoms with Crippen LogP contribution in [0.25, 0.3) is 0 Å². The average Bonchev–Trinajstić information content (AvgIpc) is 2.85. The van der Waals surface area contributed by atoms with Gasteiger partial charge in [-0.2, -0.15) is 0 Å². The lowest BCUT2D eigenvalue weighted by molar-refractivity contribution is 0.795. The summed E-state index contributed by atoms with van der Waals surface area (Å²) in [5.74, 6) is 0. The van der Waals surface area contributed by atoms with Crippen LogP contribution in [-0.2, 0) is 6.42 Å². The quantitative estimate of drug-likeness (QED) is 0.678. The summed E-state index contributed by atoms with van der Waals surface area (Å²) >= 11 is 5.28. The van der Waals surface area contributed by atoms with E-state index in [2.05, 4.69) is 70.8 Å². The number of nitrogens with one attached hydrogen (secondary N) is 1. The summed E-state index contributed by atoms with van der Waals surface area (Å²) in [6, 6.07) is 11.4. The molecule has 2 aromatic rings. The fourth-order valence-corrected chi connectivity index (χ4v) is 3.48. The van der Waals surface area contributed by atoms with Crippen LogP contribution < -0.4 is 5.32 Å². The number of thiophene rings is 1. The molecule has 0 spiro atoms. The van der Waals surface area contributed by atoms with Gasteiger partial charge in [-0.1, -0.05) is 25.5 Å². The van der Waals surface area contributed by atoms with Crippen molar-refractivity contribution in [1.82, 2.24) is 0 Å². The van der Waals surface area contributed by atoms with Crippen LogP contribution in [0.5, 0.6) is 0 Å². The molecule has 1 heterocycles. The van der Waals surface area contributed by atoms with E-state index in [0.717, 1.165) is 4.47 Å². The van der Waals surface area contributed by atoms with Crippen LogP contribution in [0.1, 0.15) is 43.2 Å². The molecule has 1 aromatic heterocycles. The van der Waals surface area contributed by atoms with E-state index >= 15 is 0 Å². The fourth-order valence-electron chi connectivity index (χ4n) is 2.03. The average molecular weight is 338 g/mol. The van der Waals surface area contributed by atoms with Crippen LogP contribution in [0.2, 0.25) is 0 Å². The Kier molecular flexibility index (Phi) is 5.46. The molecule has 0 radical (unpaired) electrons. The molecule has 1 unspecified atom stereocenters. The molecular weight excluding hydrogens is 318 g/mol. The molecule has 0 bridgehead atoms. The maximum absolute atomic E-state index is 3.54. The number of unbranched alkanes of at least 4 members (excludes halogenated alkanes) is 1. The van der Waals surface area contributed by atoms with Gasteiger partial charge >= 0.3 is 0 Å². The van der Waals surface area contributed by atoms with Crippen molar-refractivity contribution in [3.8, 4) is 0 Å². The van der Waals surface area contributed by atoms with Crippen molar-refractivity contribution in [3.63, 3.8) is 0 Å². The lowest BCUT2D eigenvalue weighted by atomic mass is 10.1. The van der Waals surface area contributed by atoms with Crippen molar-refractivity contribution in [3.05, 3.63) is 50.6 Å². The zero-order chi connectivity index (χ0) is 13.7. The summed E-state index contributed by atoms with van der Waals surface area (Å²) in [5.41, 5.74) is 2.62. The Balaban J connectivity index is 1.95. The summed E-state index contributed by atoms with van der Waals surface area (Å²) in [7, 11) is 0. The van der Waals surface area contributed by atoms with Crippen LogP contribution in [0.4, 0.5) is 5.69 Å². The first kappa shape index (κ1) is 14.6. The van der Waals surface area contributed by atoms with E-state index in [1.165, 1.54) is 35.4 Å². The van der Waals surface area contributed by atoms with Gasteiger partial charge in [-0.3, -0.25) is 0 Å². The molecule has 1 aromatic carbocycles. The third-order valence-corrected chi connectivity index (χ3v) is 5.05. The van der Waals surface area contributed by atoms with E-state index in [-0.39, 0.29) is 0 Å². The predicted octanol–water partition coefficient (Wildman–Crippen LogP) is 6.03. The number of anilines is 1. The molecule has 0 aliphatic carbocycles. The molecule has 19 heavy (non-hydrogen) atoms. The molecule has 2 rings (SSSR count). The summed E-state index contributed by atoms with van der Waals surface area (Å²) in [6.45, 7) is 4.43. The SMILES string of the molecule is CCCCc1ccc(NC(C)c2cc(Br)cs2)cc1. The van der Waals surface area contributed by atoms with Gasteiger partial charge in [0, 0.05) is 20.4 Å². The highest BCUT2D eigenvalue weighted by atomic mass is 79.9. The Morgan fingerprint density at radius 1 is 1.26 bits per heavy atom. The first-order valence-corrected chi connectivity index (χ1v) is 8.45. The van der Waals surface area contributed by atoms with Gasteiger partial charge in [-0.15, -0.1) is 11.3 Å². The molecular formula is C16H20BrNS. The van der Waals surface area contributed by atoms with Gasteiger partial charge in [-0.05, 0) is 59.5 Å². The summed E-state index contributed by atoms with van der Waals surface area (Å²) in [4.78, 5) is 1.35. The molecule has 102 valence electrons. The summed E-state index contributed by atoms with van der Waals surface area (Å²) in [6.07, 6.45) is 3.71. The Morgan fingerprint density at radius 2 is 2.00 bits per heavy atom. The highest BCUT2D eigenvalue weighted by Gasteiger charge is 2.07. The largest absolute Gasteiger partial charge is 0.378 e. The van der Waals surface area contributed by atoms with E-state index < -0.39 is 0 Å². The minimum absolute atomic E-state index is 0.345. The minimum atomic E-state index is 0.345. The highest BCUT2D eigenvalue weighted by Crippen LogP contribution is 2.28. The second-order valence-corrected chi connectivity index (χ2v) is 6.69. The maximum atomic E-state index is 3.54. The van der Waals surface area contributed by atoms with Crippen molar-refractivity contribution < 1.29 is 0 Å². The number of hydrogen-bond acceptors (Lipinski definition) is 2. The van der Waals surface area contributed by atoms with Crippen molar-refractivity contribution >= 4 is 33.0 Å². The van der Waals surface area contributed by atoms with Gasteiger partial charge in [0.05, 0.1) is 6.04 Å². The zero-order valence-electron chi connectivity index (χ0n) is 11.4. The second kappa shape index (κ2) is 7.11. The third kappa shape index (κ3) is 4.36. The van der Waals surface area contributed by atoms with Gasteiger partial charge in [-0.25, -0.2) is 0 Å². The molecule has 1 atom stereocenters. The lowest BCUT2D eigenvalue weighted by Crippen LogP contribution is -2.04. The standard InChI is InChI=1S/C16H20BrNS/c1-3-4-5-13-6-8-15(9-7-13)18-12(2)16-10-14(17)11-19-16/h6-12,18H,3-5H2,1-2H3.